The summed E-state index contributed by atoms with van der Waals surface area (Å²) in [6.07, 6.45) is -0.998. The number of carbonyl (C=O) groups is 2. The molecule has 1 atom stereocenters. The number of hydrogen-bond acceptors (Lipinski definition) is 3. The van der Waals surface area contributed by atoms with Crippen molar-refractivity contribution in [1.29, 1.82) is 0 Å². The van der Waals surface area contributed by atoms with E-state index in [1.807, 2.05) is 0 Å². The molecule has 1 aromatic rings. The van der Waals surface area contributed by atoms with Gasteiger partial charge in [0.05, 0.1) is 6.42 Å². The minimum atomic E-state index is -1.02. The topological polar surface area (TPSA) is 60.9 Å². The predicted molar refractivity (Wildman–Crippen MR) is 74.9 cm³/mol. The molecule has 1 saturated heterocycles. The summed E-state index contributed by atoms with van der Waals surface area (Å²) in [6.45, 7) is 3.04. The highest BCUT2D eigenvalue weighted by molar-refractivity contribution is 5.81. The number of nitrogens with zero attached hydrogens (tertiary/aromatic N) is 2. The number of carbonyl (C=O) groups excluding carboxylic acids is 2. The van der Waals surface area contributed by atoms with Gasteiger partial charge in [0.1, 0.15) is 11.9 Å². The summed E-state index contributed by atoms with van der Waals surface area (Å²) in [4.78, 5) is 26.9. The molecular weight excluding hydrogens is 275 g/mol. The zero-order valence-corrected chi connectivity index (χ0v) is 12.0. The van der Waals surface area contributed by atoms with Crippen molar-refractivity contribution in [3.05, 3.63) is 35.6 Å². The third-order valence-electron chi connectivity index (χ3n) is 3.60. The average molecular weight is 294 g/mol. The van der Waals surface area contributed by atoms with E-state index >= 15 is 0 Å². The molecule has 2 amide bonds. The van der Waals surface area contributed by atoms with Crippen molar-refractivity contribution in [2.24, 2.45) is 0 Å². The van der Waals surface area contributed by atoms with Crippen LogP contribution in [0.2, 0.25) is 0 Å². The summed E-state index contributed by atoms with van der Waals surface area (Å²) < 4.78 is 13.5. The molecule has 5 nitrogen and oxygen atoms in total. The van der Waals surface area contributed by atoms with E-state index in [0.29, 0.717) is 31.7 Å². The lowest BCUT2D eigenvalue weighted by Gasteiger charge is -2.35. The second-order valence-electron chi connectivity index (χ2n) is 5.15. The Balaban J connectivity index is 1.89. The van der Waals surface area contributed by atoms with E-state index in [4.69, 9.17) is 0 Å². The molecule has 1 aromatic carbocycles. The lowest BCUT2D eigenvalue weighted by Crippen LogP contribution is -2.52. The molecule has 1 aliphatic heterocycles. The predicted octanol–water partition coefficient (Wildman–Crippen LogP) is 0.420. The lowest BCUT2D eigenvalue weighted by molar-refractivity contribution is -0.144. The Hall–Kier alpha value is -1.95. The Labute approximate surface area is 123 Å². The number of piperazine rings is 1. The van der Waals surface area contributed by atoms with E-state index < -0.39 is 6.10 Å². The van der Waals surface area contributed by atoms with Crippen molar-refractivity contribution in [3.8, 4) is 0 Å². The van der Waals surface area contributed by atoms with Crippen LogP contribution in [0.4, 0.5) is 4.39 Å². The zero-order valence-electron chi connectivity index (χ0n) is 12.0. The van der Waals surface area contributed by atoms with E-state index in [2.05, 4.69) is 0 Å². The molecule has 1 aliphatic rings. The first-order chi connectivity index (χ1) is 9.99. The molecule has 0 saturated carbocycles. The van der Waals surface area contributed by atoms with Gasteiger partial charge in [-0.2, -0.15) is 0 Å². The van der Waals surface area contributed by atoms with Crippen LogP contribution < -0.4 is 0 Å². The summed E-state index contributed by atoms with van der Waals surface area (Å²) in [6, 6.07) is 6.22. The number of aliphatic hydroxyl groups excluding tert-OH is 1. The van der Waals surface area contributed by atoms with E-state index in [1.54, 1.807) is 23.1 Å². The first-order valence-corrected chi connectivity index (χ1v) is 6.97. The minimum absolute atomic E-state index is 0.0248. The maximum Gasteiger partial charge on any atom is 0.251 e. The summed E-state index contributed by atoms with van der Waals surface area (Å²) in [7, 11) is 0. The van der Waals surface area contributed by atoms with Crippen molar-refractivity contribution in [3.63, 3.8) is 0 Å². The second-order valence-corrected chi connectivity index (χ2v) is 5.15. The molecule has 2 rings (SSSR count). The molecule has 1 unspecified atom stereocenters. The van der Waals surface area contributed by atoms with Gasteiger partial charge in [-0.3, -0.25) is 9.59 Å². The Kier molecular flexibility index (Phi) is 4.90. The molecule has 6 heteroatoms. The molecule has 0 bridgehead atoms. The fourth-order valence-corrected chi connectivity index (χ4v) is 2.36. The van der Waals surface area contributed by atoms with Crippen molar-refractivity contribution < 1.29 is 19.1 Å². The highest BCUT2D eigenvalue weighted by Gasteiger charge is 2.26. The minimum Gasteiger partial charge on any atom is -0.384 e. The van der Waals surface area contributed by atoms with Crippen molar-refractivity contribution in [2.45, 2.75) is 19.4 Å². The van der Waals surface area contributed by atoms with E-state index in [9.17, 15) is 19.1 Å². The third-order valence-corrected chi connectivity index (χ3v) is 3.60. The maximum absolute atomic E-state index is 13.5. The third kappa shape index (κ3) is 3.78. The van der Waals surface area contributed by atoms with Crippen molar-refractivity contribution in [1.82, 2.24) is 9.80 Å². The van der Waals surface area contributed by atoms with Crippen LogP contribution in [0.15, 0.2) is 24.3 Å². The molecule has 0 aromatic heterocycles. The normalized spacial score (nSPS) is 16.7. The van der Waals surface area contributed by atoms with Crippen LogP contribution in [0.25, 0.3) is 0 Å². The standard InChI is InChI=1S/C15H19FN2O3/c1-11(19)15(21)18-8-6-17(7-9-18)14(20)10-12-4-2-3-5-13(12)16/h2-5,11,19H,6-10H2,1H3. The SMILES string of the molecule is CC(O)C(=O)N1CCN(C(=O)Cc2ccccc2F)CC1. The summed E-state index contributed by atoms with van der Waals surface area (Å²) in [5.74, 6) is -0.853. The van der Waals surface area contributed by atoms with Crippen LogP contribution >= 0.6 is 0 Å². The number of amides is 2. The summed E-state index contributed by atoms with van der Waals surface area (Å²) in [5, 5.41) is 9.26. The van der Waals surface area contributed by atoms with Gasteiger partial charge in [-0.05, 0) is 18.6 Å². The van der Waals surface area contributed by atoms with E-state index in [-0.39, 0.29) is 24.1 Å². The van der Waals surface area contributed by atoms with Crippen LogP contribution in [-0.2, 0) is 16.0 Å². The highest BCUT2D eigenvalue weighted by Crippen LogP contribution is 2.11. The van der Waals surface area contributed by atoms with Gasteiger partial charge in [0.15, 0.2) is 0 Å². The zero-order chi connectivity index (χ0) is 15.4. The first-order valence-electron chi connectivity index (χ1n) is 6.97. The fourth-order valence-electron chi connectivity index (χ4n) is 2.36. The molecule has 1 N–H and O–H groups in total. The molecule has 21 heavy (non-hydrogen) atoms. The fraction of sp³-hybridized carbons (Fsp3) is 0.467. The van der Waals surface area contributed by atoms with Crippen LogP contribution in [0.1, 0.15) is 12.5 Å². The molecule has 114 valence electrons. The molecule has 1 heterocycles. The maximum atomic E-state index is 13.5. The molecule has 0 aliphatic carbocycles. The van der Waals surface area contributed by atoms with Crippen LogP contribution in [0.3, 0.4) is 0 Å². The first kappa shape index (κ1) is 15.4. The van der Waals surface area contributed by atoms with Crippen molar-refractivity contribution in [2.75, 3.05) is 26.2 Å². The lowest BCUT2D eigenvalue weighted by atomic mass is 10.1. The Morgan fingerprint density at radius 2 is 1.76 bits per heavy atom. The van der Waals surface area contributed by atoms with E-state index in [1.165, 1.54) is 17.9 Å². The van der Waals surface area contributed by atoms with E-state index in [0.717, 1.165) is 0 Å². The summed E-state index contributed by atoms with van der Waals surface area (Å²) in [5.41, 5.74) is 0.380. The number of halogens is 1. The van der Waals surface area contributed by atoms with Crippen LogP contribution in [-0.4, -0.2) is 59.0 Å². The quantitative estimate of drug-likeness (QED) is 0.879. The number of rotatable bonds is 3. The smallest absolute Gasteiger partial charge is 0.251 e. The van der Waals surface area contributed by atoms with Gasteiger partial charge in [-0.15, -0.1) is 0 Å². The Bertz CT molecular complexity index is 525. The largest absolute Gasteiger partial charge is 0.384 e. The molecule has 0 radical (unpaired) electrons. The Morgan fingerprint density at radius 1 is 1.19 bits per heavy atom. The van der Waals surface area contributed by atoms with Crippen LogP contribution in [0, 0.1) is 5.82 Å². The average Bonchev–Trinajstić information content (AvgIpc) is 2.49. The van der Waals surface area contributed by atoms with Gasteiger partial charge in [-0.1, -0.05) is 18.2 Å². The summed E-state index contributed by atoms with van der Waals surface area (Å²) >= 11 is 0. The molecule has 1 fully saturated rings. The number of hydrogen-bond donors (Lipinski definition) is 1. The van der Waals surface area contributed by atoms with Gasteiger partial charge in [0, 0.05) is 26.2 Å². The van der Waals surface area contributed by atoms with Crippen molar-refractivity contribution >= 4 is 11.8 Å². The van der Waals surface area contributed by atoms with Gasteiger partial charge in [-0.25, -0.2) is 4.39 Å². The van der Waals surface area contributed by atoms with Crippen LogP contribution in [0.5, 0.6) is 0 Å². The number of aliphatic hydroxyl groups is 1. The van der Waals surface area contributed by atoms with Gasteiger partial charge >= 0.3 is 0 Å². The highest BCUT2D eigenvalue weighted by atomic mass is 19.1. The van der Waals surface area contributed by atoms with Gasteiger partial charge < -0.3 is 14.9 Å². The van der Waals surface area contributed by atoms with Gasteiger partial charge in [0.25, 0.3) is 5.91 Å². The monoisotopic (exact) mass is 294 g/mol. The van der Waals surface area contributed by atoms with Gasteiger partial charge in [0.2, 0.25) is 5.91 Å². The molecular formula is C15H19FN2O3. The number of benzene rings is 1. The Morgan fingerprint density at radius 3 is 2.33 bits per heavy atom. The second kappa shape index (κ2) is 6.67. The molecule has 0 spiro atoms.